The quantitative estimate of drug-likeness (QED) is 0.705. The summed E-state index contributed by atoms with van der Waals surface area (Å²) in [6.45, 7) is -0.311. The number of aliphatic hydroxyl groups is 1. The minimum absolute atomic E-state index is 0.252. The molecule has 1 aliphatic rings. The van der Waals surface area contributed by atoms with E-state index in [1.807, 2.05) is 0 Å². The van der Waals surface area contributed by atoms with E-state index in [1.54, 1.807) is 11.9 Å². The van der Waals surface area contributed by atoms with Gasteiger partial charge >= 0.3 is 6.18 Å². The third-order valence-electron chi connectivity index (χ3n) is 2.01. The van der Waals surface area contributed by atoms with Crippen molar-refractivity contribution in [1.82, 2.24) is 4.90 Å². The van der Waals surface area contributed by atoms with E-state index in [-0.39, 0.29) is 12.6 Å². The van der Waals surface area contributed by atoms with E-state index in [0.29, 0.717) is 0 Å². The Labute approximate surface area is 69.0 Å². The number of nitrogens with zero attached hydrogens (tertiary/aromatic N) is 1. The maximum absolute atomic E-state index is 11.8. The smallest absolute Gasteiger partial charge is 0.382 e. The van der Waals surface area contributed by atoms with Crippen molar-refractivity contribution < 1.29 is 18.3 Å². The van der Waals surface area contributed by atoms with Crippen LogP contribution in [-0.4, -0.2) is 41.9 Å². The summed E-state index contributed by atoms with van der Waals surface area (Å²) in [5.41, 5.74) is 0. The molecule has 0 aromatic rings. The Balaban J connectivity index is 2.29. The highest BCUT2D eigenvalue weighted by Gasteiger charge is 2.40. The van der Waals surface area contributed by atoms with Crippen LogP contribution in [0.2, 0.25) is 0 Å². The van der Waals surface area contributed by atoms with E-state index in [2.05, 4.69) is 0 Å². The molecule has 12 heavy (non-hydrogen) atoms. The number of hydrogen-bond donors (Lipinski definition) is 1. The predicted octanol–water partition coefficient (Wildman–Crippen LogP) is 1.00. The summed E-state index contributed by atoms with van der Waals surface area (Å²) in [5.74, 6) is 0. The van der Waals surface area contributed by atoms with Gasteiger partial charge in [0, 0.05) is 12.6 Å². The fourth-order valence-electron chi connectivity index (χ4n) is 1.04. The van der Waals surface area contributed by atoms with Crippen molar-refractivity contribution >= 4 is 0 Å². The van der Waals surface area contributed by atoms with Crippen LogP contribution in [0.1, 0.15) is 12.8 Å². The average Bonchev–Trinajstić information content (AvgIpc) is 2.65. The molecule has 0 aromatic heterocycles. The number of alkyl halides is 3. The summed E-state index contributed by atoms with van der Waals surface area (Å²) in [4.78, 5) is 1.55. The van der Waals surface area contributed by atoms with Crippen LogP contribution in [0, 0.1) is 0 Å². The van der Waals surface area contributed by atoms with Crippen LogP contribution in [-0.2, 0) is 0 Å². The van der Waals surface area contributed by atoms with Crippen molar-refractivity contribution in [2.45, 2.75) is 31.2 Å². The lowest BCUT2D eigenvalue weighted by Gasteiger charge is -2.21. The Bertz CT molecular complexity index is 155. The Hall–Kier alpha value is -0.290. The first kappa shape index (κ1) is 9.80. The molecular weight excluding hydrogens is 171 g/mol. The Morgan fingerprint density at radius 2 is 2.00 bits per heavy atom. The SMILES string of the molecule is CN(CC(O)C(F)(F)F)C1CC1. The topological polar surface area (TPSA) is 23.5 Å². The maximum atomic E-state index is 11.8. The number of likely N-dealkylation sites (N-methyl/N-ethyl adjacent to an activating group) is 1. The predicted molar refractivity (Wildman–Crippen MR) is 37.7 cm³/mol. The molecule has 0 amide bonds. The van der Waals surface area contributed by atoms with Crippen molar-refractivity contribution in [2.24, 2.45) is 0 Å². The van der Waals surface area contributed by atoms with Crippen molar-refractivity contribution in [3.05, 3.63) is 0 Å². The van der Waals surface area contributed by atoms with Gasteiger partial charge in [-0.25, -0.2) is 0 Å². The molecule has 1 atom stereocenters. The van der Waals surface area contributed by atoms with Crippen LogP contribution in [0.4, 0.5) is 13.2 Å². The number of halogens is 3. The van der Waals surface area contributed by atoms with E-state index in [9.17, 15) is 13.2 Å². The van der Waals surface area contributed by atoms with Gasteiger partial charge in [0.25, 0.3) is 0 Å². The van der Waals surface area contributed by atoms with Crippen LogP contribution in [0.3, 0.4) is 0 Å². The number of hydrogen-bond acceptors (Lipinski definition) is 2. The summed E-state index contributed by atoms with van der Waals surface area (Å²) in [5, 5.41) is 8.67. The zero-order chi connectivity index (χ0) is 9.35. The molecule has 0 bridgehead atoms. The average molecular weight is 183 g/mol. The second-order valence-electron chi connectivity index (χ2n) is 3.23. The van der Waals surface area contributed by atoms with Gasteiger partial charge in [0.15, 0.2) is 6.10 Å². The monoisotopic (exact) mass is 183 g/mol. The molecule has 1 fully saturated rings. The molecule has 5 heteroatoms. The van der Waals surface area contributed by atoms with E-state index in [1.165, 1.54) is 0 Å². The summed E-state index contributed by atoms with van der Waals surface area (Å²) in [7, 11) is 1.60. The van der Waals surface area contributed by atoms with Gasteiger partial charge in [-0.05, 0) is 19.9 Å². The Morgan fingerprint density at radius 1 is 1.50 bits per heavy atom. The summed E-state index contributed by atoms with van der Waals surface area (Å²) >= 11 is 0. The molecule has 1 rings (SSSR count). The summed E-state index contributed by atoms with van der Waals surface area (Å²) in [6.07, 6.45) is -4.80. The molecule has 1 unspecified atom stereocenters. The standard InChI is InChI=1S/C7H12F3NO/c1-11(5-2-3-5)4-6(12)7(8,9)10/h5-6,12H,2-4H2,1H3. The lowest BCUT2D eigenvalue weighted by atomic mass is 10.3. The fraction of sp³-hybridized carbons (Fsp3) is 1.00. The van der Waals surface area contributed by atoms with Gasteiger partial charge in [-0.15, -0.1) is 0 Å². The molecular formula is C7H12F3NO. The zero-order valence-corrected chi connectivity index (χ0v) is 6.80. The lowest BCUT2D eigenvalue weighted by Crippen LogP contribution is -2.40. The molecule has 1 N–H and O–H groups in total. The fourth-order valence-corrected chi connectivity index (χ4v) is 1.04. The first-order valence-electron chi connectivity index (χ1n) is 3.86. The van der Waals surface area contributed by atoms with Crippen molar-refractivity contribution in [2.75, 3.05) is 13.6 Å². The minimum Gasteiger partial charge on any atom is -0.382 e. The van der Waals surface area contributed by atoms with Crippen LogP contribution in [0.25, 0.3) is 0 Å². The highest BCUT2D eigenvalue weighted by molar-refractivity contribution is 4.84. The molecule has 0 aliphatic heterocycles. The van der Waals surface area contributed by atoms with E-state index in [4.69, 9.17) is 5.11 Å². The normalized spacial score (nSPS) is 21.5. The van der Waals surface area contributed by atoms with Gasteiger partial charge < -0.3 is 10.0 Å². The van der Waals surface area contributed by atoms with Gasteiger partial charge in [0.2, 0.25) is 0 Å². The molecule has 2 nitrogen and oxygen atoms in total. The highest BCUT2D eigenvalue weighted by atomic mass is 19.4. The van der Waals surface area contributed by atoms with Gasteiger partial charge in [0.05, 0.1) is 0 Å². The first-order valence-corrected chi connectivity index (χ1v) is 3.86. The van der Waals surface area contributed by atoms with Gasteiger partial charge in [-0.3, -0.25) is 0 Å². The molecule has 0 saturated heterocycles. The molecule has 0 aromatic carbocycles. The van der Waals surface area contributed by atoms with Gasteiger partial charge in [-0.1, -0.05) is 0 Å². The minimum atomic E-state index is -4.48. The van der Waals surface area contributed by atoms with Gasteiger partial charge in [0.1, 0.15) is 0 Å². The van der Waals surface area contributed by atoms with Crippen molar-refractivity contribution in [3.8, 4) is 0 Å². The Morgan fingerprint density at radius 3 is 2.33 bits per heavy atom. The molecule has 72 valence electrons. The first-order chi connectivity index (χ1) is 5.41. The van der Waals surface area contributed by atoms with Crippen molar-refractivity contribution in [3.63, 3.8) is 0 Å². The molecule has 1 saturated carbocycles. The van der Waals surface area contributed by atoms with Crippen LogP contribution in [0.5, 0.6) is 0 Å². The van der Waals surface area contributed by atoms with E-state index in [0.717, 1.165) is 12.8 Å². The second-order valence-corrected chi connectivity index (χ2v) is 3.23. The summed E-state index contributed by atoms with van der Waals surface area (Å²) in [6, 6.07) is 0.252. The Kier molecular flexibility index (Phi) is 2.63. The second kappa shape index (κ2) is 3.22. The van der Waals surface area contributed by atoms with Crippen LogP contribution >= 0.6 is 0 Å². The number of aliphatic hydroxyl groups excluding tert-OH is 1. The van der Waals surface area contributed by atoms with Crippen LogP contribution in [0.15, 0.2) is 0 Å². The largest absolute Gasteiger partial charge is 0.415 e. The van der Waals surface area contributed by atoms with Crippen molar-refractivity contribution in [1.29, 1.82) is 0 Å². The zero-order valence-electron chi connectivity index (χ0n) is 6.80. The van der Waals surface area contributed by atoms with Crippen LogP contribution < -0.4 is 0 Å². The maximum Gasteiger partial charge on any atom is 0.415 e. The third-order valence-corrected chi connectivity index (χ3v) is 2.01. The van der Waals surface area contributed by atoms with E-state index < -0.39 is 12.3 Å². The van der Waals surface area contributed by atoms with Gasteiger partial charge in [-0.2, -0.15) is 13.2 Å². The highest BCUT2D eigenvalue weighted by Crippen LogP contribution is 2.27. The molecule has 0 radical (unpaired) electrons. The molecule has 0 spiro atoms. The van der Waals surface area contributed by atoms with E-state index >= 15 is 0 Å². The molecule has 1 aliphatic carbocycles. The molecule has 0 heterocycles. The lowest BCUT2D eigenvalue weighted by molar-refractivity contribution is -0.207. The summed E-state index contributed by atoms with van der Waals surface area (Å²) < 4.78 is 35.4. The third kappa shape index (κ3) is 2.64. The number of rotatable bonds is 3.